The number of alkyl halides is 3. The molecule has 0 radical (unpaired) electrons. The Morgan fingerprint density at radius 3 is 2.68 bits per heavy atom. The Morgan fingerprint density at radius 2 is 2.00 bits per heavy atom. The number of anilines is 1. The number of pyridine rings is 1. The highest BCUT2D eigenvalue weighted by molar-refractivity contribution is 7.92. The van der Waals surface area contributed by atoms with Crippen molar-refractivity contribution in [3.63, 3.8) is 0 Å². The summed E-state index contributed by atoms with van der Waals surface area (Å²) < 4.78 is 67.6. The van der Waals surface area contributed by atoms with Gasteiger partial charge in [0, 0.05) is 31.8 Å². The number of nitrogens with one attached hydrogen (secondary N) is 2. The van der Waals surface area contributed by atoms with Gasteiger partial charge in [-0.05, 0) is 38.4 Å². The van der Waals surface area contributed by atoms with E-state index in [4.69, 9.17) is 5.41 Å². The first-order valence-electron chi connectivity index (χ1n) is 10.8. The lowest BCUT2D eigenvalue weighted by molar-refractivity contribution is -0.136. The molecule has 1 aromatic carbocycles. The molecule has 8 nitrogen and oxygen atoms in total. The maximum Gasteiger partial charge on any atom is 0.389 e. The van der Waals surface area contributed by atoms with Crippen LogP contribution in [0.15, 0.2) is 41.4 Å². The smallest absolute Gasteiger partial charge is 0.323 e. The molecule has 1 fully saturated rings. The molecule has 3 aromatic rings. The Kier molecular flexibility index (Phi) is 6.63. The lowest BCUT2D eigenvalue weighted by Crippen LogP contribution is -2.24. The number of benzene rings is 1. The van der Waals surface area contributed by atoms with Crippen LogP contribution in [-0.4, -0.2) is 59.9 Å². The highest BCUT2D eigenvalue weighted by Gasteiger charge is 2.30. The van der Waals surface area contributed by atoms with E-state index < -0.39 is 22.6 Å². The van der Waals surface area contributed by atoms with Crippen LogP contribution in [0.5, 0.6) is 0 Å². The Hall–Kier alpha value is -2.99. The molecular formula is C22H25F3N6O2S. The molecule has 1 aliphatic rings. The van der Waals surface area contributed by atoms with Crippen LogP contribution < -0.4 is 4.72 Å². The van der Waals surface area contributed by atoms with Crippen molar-refractivity contribution >= 4 is 33.1 Å². The van der Waals surface area contributed by atoms with Gasteiger partial charge in [-0.3, -0.25) is 4.72 Å². The second-order valence-electron chi connectivity index (χ2n) is 8.31. The summed E-state index contributed by atoms with van der Waals surface area (Å²) in [5.74, 6) is 0.692. The Balaban J connectivity index is 1.63. The van der Waals surface area contributed by atoms with Gasteiger partial charge in [-0.1, -0.05) is 18.2 Å². The number of sulfonamides is 1. The monoisotopic (exact) mass is 494 g/mol. The van der Waals surface area contributed by atoms with Crippen molar-refractivity contribution in [3.8, 4) is 0 Å². The van der Waals surface area contributed by atoms with Crippen molar-refractivity contribution in [2.45, 2.75) is 43.3 Å². The summed E-state index contributed by atoms with van der Waals surface area (Å²) in [5.41, 5.74) is 1.39. The van der Waals surface area contributed by atoms with Crippen molar-refractivity contribution < 1.29 is 21.6 Å². The van der Waals surface area contributed by atoms with Gasteiger partial charge in [-0.2, -0.15) is 13.2 Å². The van der Waals surface area contributed by atoms with E-state index in [1.807, 2.05) is 16.4 Å². The number of nitrogens with zero attached hydrogens (tertiary/aromatic N) is 4. The number of rotatable bonds is 8. The number of halogens is 3. The topological polar surface area (TPSA) is 104 Å². The lowest BCUT2D eigenvalue weighted by atomic mass is 10.2. The van der Waals surface area contributed by atoms with E-state index in [0.29, 0.717) is 42.9 Å². The average Bonchev–Trinajstić information content (AvgIpc) is 3.36. The molecule has 3 heterocycles. The summed E-state index contributed by atoms with van der Waals surface area (Å²) in [7, 11) is -3.92. The predicted molar refractivity (Wildman–Crippen MR) is 123 cm³/mol. The highest BCUT2D eigenvalue weighted by Crippen LogP contribution is 2.32. The summed E-state index contributed by atoms with van der Waals surface area (Å²) in [6.07, 6.45) is -1.71. The molecule has 0 bridgehead atoms. The van der Waals surface area contributed by atoms with Crippen LogP contribution in [0.25, 0.3) is 11.0 Å². The third-order valence-electron chi connectivity index (χ3n) is 5.92. The fourth-order valence-electron chi connectivity index (χ4n) is 4.41. The van der Waals surface area contributed by atoms with Gasteiger partial charge >= 0.3 is 6.18 Å². The van der Waals surface area contributed by atoms with Crippen LogP contribution >= 0.6 is 0 Å². The number of fused-ring (bicyclic) bond motifs is 1. The minimum absolute atomic E-state index is 0.0209. The zero-order valence-corrected chi connectivity index (χ0v) is 19.3. The molecule has 4 rings (SSSR count). The van der Waals surface area contributed by atoms with Crippen LogP contribution in [0.3, 0.4) is 0 Å². The zero-order chi connectivity index (χ0) is 24.5. The minimum Gasteiger partial charge on any atom is -0.323 e. The second kappa shape index (κ2) is 9.34. The van der Waals surface area contributed by atoms with E-state index >= 15 is 0 Å². The Bertz CT molecular complexity index is 1290. The summed E-state index contributed by atoms with van der Waals surface area (Å²) in [5, 5.41) is 7.99. The van der Waals surface area contributed by atoms with Gasteiger partial charge in [0.25, 0.3) is 10.0 Å². The number of aryl methyl sites for hydroxylation is 1. The fraction of sp³-hybridized carbons (Fsp3) is 0.409. The molecule has 2 N–H and O–H groups in total. The molecule has 0 aliphatic carbocycles. The standard InChI is InChI=1S/C22H25F3N6O2S/c1-15-28-19-13-27-21(29-34(32,33)17-6-3-2-4-7-17)18(12-26)20(19)31(15)16-8-11-30(14-16)10-5-9-22(23,24)25/h2-4,6-7,12-13,16,26H,5,8-11,14H2,1H3,(H,27,29). The first-order chi connectivity index (χ1) is 16.1. The summed E-state index contributed by atoms with van der Waals surface area (Å²) in [6, 6.07) is 7.80. The average molecular weight is 495 g/mol. The van der Waals surface area contributed by atoms with E-state index in [-0.39, 0.29) is 28.7 Å². The summed E-state index contributed by atoms with van der Waals surface area (Å²) >= 11 is 0. The Labute approximate surface area is 195 Å². The van der Waals surface area contributed by atoms with E-state index in [9.17, 15) is 21.6 Å². The molecular weight excluding hydrogens is 469 g/mol. The Morgan fingerprint density at radius 1 is 1.26 bits per heavy atom. The molecule has 0 spiro atoms. The summed E-state index contributed by atoms with van der Waals surface area (Å²) in [6.45, 7) is 3.37. The predicted octanol–water partition coefficient (Wildman–Crippen LogP) is 4.13. The molecule has 1 saturated heterocycles. The van der Waals surface area contributed by atoms with Gasteiger partial charge < -0.3 is 14.9 Å². The molecule has 0 saturated carbocycles. The van der Waals surface area contributed by atoms with Crippen LogP contribution in [0.2, 0.25) is 0 Å². The van der Waals surface area contributed by atoms with Gasteiger partial charge in [0.2, 0.25) is 0 Å². The van der Waals surface area contributed by atoms with Crippen molar-refractivity contribution in [2.24, 2.45) is 0 Å². The largest absolute Gasteiger partial charge is 0.389 e. The quantitative estimate of drug-likeness (QED) is 0.459. The third-order valence-corrected chi connectivity index (χ3v) is 7.27. The molecule has 0 amide bonds. The third kappa shape index (κ3) is 5.07. The number of hydrogen-bond donors (Lipinski definition) is 2. The maximum atomic E-state index is 12.8. The number of imidazole rings is 1. The van der Waals surface area contributed by atoms with E-state index in [1.165, 1.54) is 18.3 Å². The molecule has 34 heavy (non-hydrogen) atoms. The molecule has 12 heteroatoms. The first kappa shape index (κ1) is 24.1. The van der Waals surface area contributed by atoms with Crippen LogP contribution in [-0.2, 0) is 10.0 Å². The second-order valence-corrected chi connectivity index (χ2v) is 9.99. The normalized spacial score (nSPS) is 17.4. The van der Waals surface area contributed by atoms with Gasteiger partial charge in [-0.15, -0.1) is 0 Å². The van der Waals surface area contributed by atoms with E-state index in [1.54, 1.807) is 18.2 Å². The molecule has 1 unspecified atom stereocenters. The SMILES string of the molecule is Cc1nc2cnc(NS(=O)(=O)c3ccccc3)c(C=N)c2n1C1CCN(CCCC(F)(F)F)C1. The number of aromatic nitrogens is 3. The fourth-order valence-corrected chi connectivity index (χ4v) is 5.46. The van der Waals surface area contributed by atoms with Gasteiger partial charge in [-0.25, -0.2) is 18.4 Å². The number of hydrogen-bond acceptors (Lipinski definition) is 6. The summed E-state index contributed by atoms with van der Waals surface area (Å²) in [4.78, 5) is 10.8. The number of likely N-dealkylation sites (tertiary alicyclic amines) is 1. The highest BCUT2D eigenvalue weighted by atomic mass is 32.2. The van der Waals surface area contributed by atoms with Crippen LogP contribution in [0.4, 0.5) is 19.0 Å². The molecule has 1 aliphatic heterocycles. The van der Waals surface area contributed by atoms with Crippen molar-refractivity contribution in [1.82, 2.24) is 19.4 Å². The first-order valence-corrected chi connectivity index (χ1v) is 12.3. The van der Waals surface area contributed by atoms with Crippen molar-refractivity contribution in [3.05, 3.63) is 47.9 Å². The molecule has 1 atom stereocenters. The van der Waals surface area contributed by atoms with Gasteiger partial charge in [0.1, 0.15) is 11.3 Å². The van der Waals surface area contributed by atoms with E-state index in [2.05, 4.69) is 14.7 Å². The van der Waals surface area contributed by atoms with Crippen molar-refractivity contribution in [2.75, 3.05) is 24.4 Å². The molecule has 2 aromatic heterocycles. The van der Waals surface area contributed by atoms with Crippen molar-refractivity contribution in [1.29, 1.82) is 5.41 Å². The van der Waals surface area contributed by atoms with Gasteiger partial charge in [0.15, 0.2) is 5.82 Å². The maximum absolute atomic E-state index is 12.8. The van der Waals surface area contributed by atoms with E-state index in [0.717, 1.165) is 6.21 Å². The molecule has 182 valence electrons. The zero-order valence-electron chi connectivity index (χ0n) is 18.5. The minimum atomic E-state index is -4.16. The van der Waals surface area contributed by atoms with Gasteiger partial charge in [0.05, 0.1) is 22.2 Å². The lowest BCUT2D eigenvalue weighted by Gasteiger charge is -2.19. The van der Waals surface area contributed by atoms with Crippen LogP contribution in [0, 0.1) is 12.3 Å². The van der Waals surface area contributed by atoms with Crippen LogP contribution in [0.1, 0.15) is 36.7 Å².